The highest BCUT2D eigenvalue weighted by Gasteiger charge is 2.09. The second kappa shape index (κ2) is 7.93. The first-order chi connectivity index (χ1) is 14.1. The van der Waals surface area contributed by atoms with Gasteiger partial charge in [0.05, 0.1) is 30.0 Å². The molecule has 3 aromatic heterocycles. The summed E-state index contributed by atoms with van der Waals surface area (Å²) in [6, 6.07) is 7.64. The molecule has 0 aliphatic rings. The Balaban J connectivity index is 1.51. The summed E-state index contributed by atoms with van der Waals surface area (Å²) in [5.41, 5.74) is 3.33. The molecule has 0 spiro atoms. The Morgan fingerprint density at radius 1 is 1.10 bits per heavy atom. The summed E-state index contributed by atoms with van der Waals surface area (Å²) in [7, 11) is 1.85. The van der Waals surface area contributed by atoms with E-state index in [1.165, 1.54) is 6.08 Å². The van der Waals surface area contributed by atoms with Gasteiger partial charge >= 0.3 is 0 Å². The van der Waals surface area contributed by atoms with Crippen LogP contribution < -0.4 is 10.6 Å². The van der Waals surface area contributed by atoms with E-state index in [-0.39, 0.29) is 5.91 Å². The van der Waals surface area contributed by atoms with Crippen LogP contribution in [0.4, 0.5) is 17.3 Å². The highest BCUT2D eigenvalue weighted by Crippen LogP contribution is 2.17. The number of benzene rings is 1. The van der Waals surface area contributed by atoms with E-state index in [1.54, 1.807) is 36.3 Å². The Morgan fingerprint density at radius 2 is 1.93 bits per heavy atom. The average Bonchev–Trinajstić information content (AvgIpc) is 3.29. The number of amides is 1. The number of anilines is 3. The zero-order chi connectivity index (χ0) is 20.2. The lowest BCUT2D eigenvalue weighted by molar-refractivity contribution is -0.111. The first kappa shape index (κ1) is 18.4. The SMILES string of the molecule is CC=CC(=O)Nc1ccc(Cn2ncc3cnc(Nc4cnn(C)c4)nc32)cc1. The van der Waals surface area contributed by atoms with Crippen LogP contribution >= 0.6 is 0 Å². The minimum atomic E-state index is -0.149. The van der Waals surface area contributed by atoms with Crippen molar-refractivity contribution in [3.8, 4) is 0 Å². The number of nitrogens with zero attached hydrogens (tertiary/aromatic N) is 6. The molecule has 0 aliphatic heterocycles. The van der Waals surface area contributed by atoms with Gasteiger partial charge in [-0.15, -0.1) is 0 Å². The second-order valence-corrected chi connectivity index (χ2v) is 6.49. The molecule has 1 aromatic carbocycles. The van der Waals surface area contributed by atoms with Crippen LogP contribution in [-0.4, -0.2) is 35.4 Å². The van der Waals surface area contributed by atoms with Crippen molar-refractivity contribution in [1.82, 2.24) is 29.5 Å². The molecular weight excluding hydrogens is 368 g/mol. The summed E-state index contributed by atoms with van der Waals surface area (Å²) < 4.78 is 3.52. The number of nitrogens with one attached hydrogen (secondary N) is 2. The fourth-order valence-electron chi connectivity index (χ4n) is 2.86. The first-order valence-corrected chi connectivity index (χ1v) is 9.07. The van der Waals surface area contributed by atoms with Gasteiger partial charge in [-0.2, -0.15) is 15.2 Å². The van der Waals surface area contributed by atoms with Gasteiger partial charge in [-0.25, -0.2) is 9.67 Å². The molecule has 9 heteroatoms. The zero-order valence-corrected chi connectivity index (χ0v) is 16.1. The standard InChI is InChI=1S/C20H20N8O/c1-3-4-18(29)24-16-7-5-14(6-8-16)12-28-19-15(10-23-28)9-21-20(26-19)25-17-11-22-27(2)13-17/h3-11,13H,12H2,1-2H3,(H,24,29)(H,21,25,26). The van der Waals surface area contributed by atoms with Gasteiger partial charge in [0, 0.05) is 25.1 Å². The van der Waals surface area contributed by atoms with Gasteiger partial charge in [0.25, 0.3) is 0 Å². The number of fused-ring (bicyclic) bond motifs is 1. The van der Waals surface area contributed by atoms with Crippen molar-refractivity contribution in [3.63, 3.8) is 0 Å². The summed E-state index contributed by atoms with van der Waals surface area (Å²) in [5.74, 6) is 0.331. The number of hydrogen-bond acceptors (Lipinski definition) is 6. The van der Waals surface area contributed by atoms with Gasteiger partial charge in [-0.3, -0.25) is 9.48 Å². The van der Waals surface area contributed by atoms with Gasteiger partial charge in [0.1, 0.15) is 0 Å². The zero-order valence-electron chi connectivity index (χ0n) is 16.1. The van der Waals surface area contributed by atoms with Crippen LogP contribution in [0.5, 0.6) is 0 Å². The van der Waals surface area contributed by atoms with Crippen LogP contribution in [-0.2, 0) is 18.4 Å². The molecule has 0 unspecified atom stereocenters. The maximum Gasteiger partial charge on any atom is 0.248 e. The highest BCUT2D eigenvalue weighted by atomic mass is 16.1. The number of carbonyl (C=O) groups is 1. The molecule has 0 aliphatic carbocycles. The number of hydrogen-bond donors (Lipinski definition) is 2. The third kappa shape index (κ3) is 4.29. The van der Waals surface area contributed by atoms with E-state index in [9.17, 15) is 4.79 Å². The Labute approximate surface area is 167 Å². The van der Waals surface area contributed by atoms with Gasteiger partial charge in [-0.1, -0.05) is 18.2 Å². The molecule has 3 heterocycles. The molecule has 2 N–H and O–H groups in total. The van der Waals surface area contributed by atoms with Crippen molar-refractivity contribution in [2.45, 2.75) is 13.5 Å². The molecule has 9 nitrogen and oxygen atoms in total. The molecule has 0 saturated carbocycles. The summed E-state index contributed by atoms with van der Waals surface area (Å²) in [6.45, 7) is 2.36. The van der Waals surface area contributed by atoms with Crippen molar-refractivity contribution in [2.75, 3.05) is 10.6 Å². The Morgan fingerprint density at radius 3 is 2.66 bits per heavy atom. The van der Waals surface area contributed by atoms with E-state index in [4.69, 9.17) is 0 Å². The molecule has 4 rings (SSSR count). The van der Waals surface area contributed by atoms with E-state index < -0.39 is 0 Å². The molecule has 29 heavy (non-hydrogen) atoms. The maximum absolute atomic E-state index is 11.6. The molecule has 0 fully saturated rings. The molecule has 1 amide bonds. The number of allylic oxidation sites excluding steroid dienone is 1. The molecule has 0 radical (unpaired) electrons. The van der Waals surface area contributed by atoms with Gasteiger partial charge in [-0.05, 0) is 30.7 Å². The Bertz CT molecular complexity index is 1170. The van der Waals surface area contributed by atoms with Gasteiger partial charge in [0.2, 0.25) is 11.9 Å². The van der Waals surface area contributed by atoms with E-state index >= 15 is 0 Å². The number of carbonyl (C=O) groups excluding carboxylic acids is 1. The van der Waals surface area contributed by atoms with Crippen LogP contribution in [0.3, 0.4) is 0 Å². The van der Waals surface area contributed by atoms with Crippen LogP contribution in [0.2, 0.25) is 0 Å². The third-order valence-corrected chi connectivity index (χ3v) is 4.21. The maximum atomic E-state index is 11.6. The normalized spacial score (nSPS) is 11.2. The topological polar surface area (TPSA) is 103 Å². The molecule has 146 valence electrons. The van der Waals surface area contributed by atoms with Crippen molar-refractivity contribution < 1.29 is 4.79 Å². The first-order valence-electron chi connectivity index (χ1n) is 9.07. The summed E-state index contributed by atoms with van der Waals surface area (Å²) in [5, 5.41) is 15.4. The largest absolute Gasteiger partial charge is 0.323 e. The lowest BCUT2D eigenvalue weighted by Crippen LogP contribution is -2.08. The number of aryl methyl sites for hydroxylation is 1. The smallest absolute Gasteiger partial charge is 0.248 e. The fourth-order valence-corrected chi connectivity index (χ4v) is 2.86. The van der Waals surface area contributed by atoms with Crippen molar-refractivity contribution in [2.24, 2.45) is 7.05 Å². The molecular formula is C20H20N8O. The number of aromatic nitrogens is 6. The fraction of sp³-hybridized carbons (Fsp3) is 0.150. The lowest BCUT2D eigenvalue weighted by atomic mass is 10.2. The van der Waals surface area contributed by atoms with Crippen LogP contribution in [0.25, 0.3) is 11.0 Å². The van der Waals surface area contributed by atoms with Crippen LogP contribution in [0.15, 0.2) is 61.2 Å². The summed E-state index contributed by atoms with van der Waals surface area (Å²) >= 11 is 0. The second-order valence-electron chi connectivity index (χ2n) is 6.49. The van der Waals surface area contributed by atoms with E-state index in [0.29, 0.717) is 12.5 Å². The number of rotatable bonds is 6. The van der Waals surface area contributed by atoms with Crippen LogP contribution in [0.1, 0.15) is 12.5 Å². The van der Waals surface area contributed by atoms with Crippen molar-refractivity contribution in [1.29, 1.82) is 0 Å². The predicted octanol–water partition coefficient (Wildman–Crippen LogP) is 2.87. The third-order valence-electron chi connectivity index (χ3n) is 4.21. The summed E-state index contributed by atoms with van der Waals surface area (Å²) in [4.78, 5) is 20.5. The molecule has 0 atom stereocenters. The molecule has 0 bridgehead atoms. The van der Waals surface area contributed by atoms with E-state index in [1.807, 2.05) is 42.2 Å². The van der Waals surface area contributed by atoms with Crippen molar-refractivity contribution in [3.05, 3.63) is 66.8 Å². The van der Waals surface area contributed by atoms with Gasteiger partial charge < -0.3 is 10.6 Å². The monoisotopic (exact) mass is 388 g/mol. The minimum absolute atomic E-state index is 0.149. The van der Waals surface area contributed by atoms with Crippen LogP contribution in [0, 0.1) is 0 Å². The average molecular weight is 388 g/mol. The Hall–Kier alpha value is -4.01. The predicted molar refractivity (Wildman–Crippen MR) is 111 cm³/mol. The molecule has 4 aromatic rings. The quantitative estimate of drug-likeness (QED) is 0.493. The van der Waals surface area contributed by atoms with E-state index in [0.717, 1.165) is 28.0 Å². The summed E-state index contributed by atoms with van der Waals surface area (Å²) in [6.07, 6.45) is 10.2. The molecule has 0 saturated heterocycles. The van der Waals surface area contributed by atoms with E-state index in [2.05, 4.69) is 30.8 Å². The van der Waals surface area contributed by atoms with Crippen molar-refractivity contribution >= 4 is 34.3 Å². The van der Waals surface area contributed by atoms with Gasteiger partial charge in [0.15, 0.2) is 5.65 Å². The highest BCUT2D eigenvalue weighted by molar-refractivity contribution is 5.99. The Kier molecular flexibility index (Phi) is 5.02. The lowest BCUT2D eigenvalue weighted by Gasteiger charge is -2.07. The minimum Gasteiger partial charge on any atom is -0.323 e.